The third kappa shape index (κ3) is 4.77. The summed E-state index contributed by atoms with van der Waals surface area (Å²) >= 11 is 1.35. The van der Waals surface area contributed by atoms with E-state index in [-0.39, 0.29) is 11.8 Å². The fraction of sp³-hybridized carbons (Fsp3) is 0.333. The Labute approximate surface area is 211 Å². The molecule has 2 fully saturated rings. The van der Waals surface area contributed by atoms with Gasteiger partial charge in [0.05, 0.1) is 5.56 Å². The molecule has 188 valence electrons. The van der Waals surface area contributed by atoms with Gasteiger partial charge >= 0.3 is 6.18 Å². The zero-order chi connectivity index (χ0) is 25.6. The van der Waals surface area contributed by atoms with E-state index in [1.54, 1.807) is 30.3 Å². The van der Waals surface area contributed by atoms with Crippen molar-refractivity contribution >= 4 is 28.6 Å². The van der Waals surface area contributed by atoms with E-state index in [1.807, 2.05) is 6.07 Å². The third-order valence-electron chi connectivity index (χ3n) is 7.35. The predicted molar refractivity (Wildman–Crippen MR) is 137 cm³/mol. The summed E-state index contributed by atoms with van der Waals surface area (Å²) in [5.74, 6) is -0.441. The van der Waals surface area contributed by atoms with Crippen molar-refractivity contribution in [3.05, 3.63) is 65.7 Å². The molecule has 2 atom stereocenters. The SMILES string of the molecule is CN1C2CCC1CC(NC(=O)C(=N)c1cc(-c3ccc(-c4cccc(C(F)(F)F)c4)s3)ccc1N)C2. The second kappa shape index (κ2) is 9.37. The van der Waals surface area contributed by atoms with Crippen LogP contribution in [0.4, 0.5) is 18.9 Å². The first kappa shape index (κ1) is 24.5. The number of nitrogen functional groups attached to an aromatic ring is 1. The lowest BCUT2D eigenvalue weighted by Gasteiger charge is -2.36. The number of hydrogen-bond donors (Lipinski definition) is 3. The number of hydrogen-bond acceptors (Lipinski definition) is 5. The smallest absolute Gasteiger partial charge is 0.398 e. The van der Waals surface area contributed by atoms with Gasteiger partial charge in [-0.15, -0.1) is 11.3 Å². The summed E-state index contributed by atoms with van der Waals surface area (Å²) in [4.78, 5) is 16.8. The molecule has 5 nitrogen and oxygen atoms in total. The number of nitrogens with one attached hydrogen (secondary N) is 2. The molecule has 36 heavy (non-hydrogen) atoms. The highest BCUT2D eigenvalue weighted by atomic mass is 32.1. The Kier molecular flexibility index (Phi) is 6.38. The Morgan fingerprint density at radius 2 is 1.67 bits per heavy atom. The van der Waals surface area contributed by atoms with Crippen LogP contribution in [-0.2, 0) is 11.0 Å². The molecule has 2 unspecified atom stereocenters. The van der Waals surface area contributed by atoms with Crippen LogP contribution in [0.5, 0.6) is 0 Å². The normalized spacial score (nSPS) is 21.9. The van der Waals surface area contributed by atoms with Gasteiger partial charge in [0.25, 0.3) is 5.91 Å². The molecule has 3 heterocycles. The van der Waals surface area contributed by atoms with Gasteiger partial charge in [-0.1, -0.05) is 18.2 Å². The molecular weight excluding hydrogens is 485 g/mol. The number of nitrogens with two attached hydrogens (primary N) is 1. The zero-order valence-electron chi connectivity index (χ0n) is 19.7. The van der Waals surface area contributed by atoms with Crippen molar-refractivity contribution in [1.29, 1.82) is 5.41 Å². The molecule has 2 bridgehead atoms. The average molecular weight is 513 g/mol. The molecule has 2 aliphatic rings. The highest BCUT2D eigenvalue weighted by molar-refractivity contribution is 7.18. The number of carbonyl (C=O) groups is 1. The maximum atomic E-state index is 13.1. The molecule has 0 aliphatic carbocycles. The Morgan fingerprint density at radius 3 is 2.31 bits per heavy atom. The van der Waals surface area contributed by atoms with Crippen molar-refractivity contribution < 1.29 is 18.0 Å². The Balaban J connectivity index is 1.34. The first-order valence-corrected chi connectivity index (χ1v) is 12.7. The molecule has 9 heteroatoms. The van der Waals surface area contributed by atoms with Crippen molar-refractivity contribution in [3.8, 4) is 20.9 Å². The van der Waals surface area contributed by atoms with Crippen LogP contribution in [0.15, 0.2) is 54.6 Å². The van der Waals surface area contributed by atoms with E-state index >= 15 is 0 Å². The van der Waals surface area contributed by atoms with Gasteiger partial charge in [-0.3, -0.25) is 10.2 Å². The van der Waals surface area contributed by atoms with Crippen molar-refractivity contribution in [2.75, 3.05) is 12.8 Å². The van der Waals surface area contributed by atoms with Crippen molar-refractivity contribution in [1.82, 2.24) is 10.2 Å². The summed E-state index contributed by atoms with van der Waals surface area (Å²) in [6, 6.07) is 15.0. The largest absolute Gasteiger partial charge is 0.416 e. The minimum Gasteiger partial charge on any atom is -0.398 e. The first-order valence-electron chi connectivity index (χ1n) is 11.9. The number of benzene rings is 2. The molecule has 5 rings (SSSR count). The number of piperidine rings is 1. The highest BCUT2D eigenvalue weighted by Gasteiger charge is 2.39. The van der Waals surface area contributed by atoms with Crippen LogP contribution in [0, 0.1) is 5.41 Å². The number of amides is 1. The molecular formula is C27H27F3N4OS. The van der Waals surface area contributed by atoms with Gasteiger partial charge in [0.1, 0.15) is 5.71 Å². The van der Waals surface area contributed by atoms with E-state index in [0.29, 0.717) is 33.8 Å². The lowest BCUT2D eigenvalue weighted by atomic mass is 9.97. The van der Waals surface area contributed by atoms with E-state index < -0.39 is 17.6 Å². The molecule has 3 aromatic rings. The van der Waals surface area contributed by atoms with Crippen molar-refractivity contribution in [2.24, 2.45) is 0 Å². The number of rotatable bonds is 5. The van der Waals surface area contributed by atoms with E-state index in [1.165, 1.54) is 17.4 Å². The fourth-order valence-corrected chi connectivity index (χ4v) is 6.33. The summed E-state index contributed by atoms with van der Waals surface area (Å²) < 4.78 is 39.4. The van der Waals surface area contributed by atoms with Gasteiger partial charge in [0, 0.05) is 39.1 Å². The minimum atomic E-state index is -4.41. The fourth-order valence-electron chi connectivity index (χ4n) is 5.33. The summed E-state index contributed by atoms with van der Waals surface area (Å²) in [6.45, 7) is 0. The number of thiophene rings is 1. The molecule has 2 aromatic carbocycles. The van der Waals surface area contributed by atoms with E-state index in [4.69, 9.17) is 11.1 Å². The molecule has 0 saturated carbocycles. The second-order valence-corrected chi connectivity index (χ2v) is 10.7. The topological polar surface area (TPSA) is 82.2 Å². The van der Waals surface area contributed by atoms with Gasteiger partial charge in [0.2, 0.25) is 0 Å². The van der Waals surface area contributed by atoms with Crippen molar-refractivity contribution in [3.63, 3.8) is 0 Å². The maximum Gasteiger partial charge on any atom is 0.416 e. The van der Waals surface area contributed by atoms with Crippen molar-refractivity contribution in [2.45, 2.75) is 50.0 Å². The third-order valence-corrected chi connectivity index (χ3v) is 8.53. The zero-order valence-corrected chi connectivity index (χ0v) is 20.5. The van der Waals surface area contributed by atoms with Crippen LogP contribution in [0.1, 0.15) is 36.8 Å². The van der Waals surface area contributed by atoms with Crippen LogP contribution >= 0.6 is 11.3 Å². The predicted octanol–water partition coefficient (Wildman–Crippen LogP) is 5.79. The van der Waals surface area contributed by atoms with Gasteiger partial charge in [-0.2, -0.15) is 13.2 Å². The van der Waals surface area contributed by atoms with Crippen LogP contribution in [0.2, 0.25) is 0 Å². The summed E-state index contributed by atoms with van der Waals surface area (Å²) in [7, 11) is 2.14. The minimum absolute atomic E-state index is 0.0447. The Hall–Kier alpha value is -3.17. The van der Waals surface area contributed by atoms with E-state index in [2.05, 4.69) is 17.3 Å². The first-order chi connectivity index (χ1) is 17.1. The molecule has 2 saturated heterocycles. The lowest BCUT2D eigenvalue weighted by Crippen LogP contribution is -2.50. The number of carbonyl (C=O) groups excluding carboxylic acids is 1. The maximum absolute atomic E-state index is 13.1. The summed E-state index contributed by atoms with van der Waals surface area (Å²) in [6.07, 6.45) is -0.354. The van der Waals surface area contributed by atoms with Gasteiger partial charge < -0.3 is 16.0 Å². The quantitative estimate of drug-likeness (QED) is 0.299. The number of alkyl halides is 3. The highest BCUT2D eigenvalue weighted by Crippen LogP contribution is 2.38. The molecule has 1 aromatic heterocycles. The van der Waals surface area contributed by atoms with Crippen LogP contribution in [0.25, 0.3) is 20.9 Å². The Morgan fingerprint density at radius 1 is 1.03 bits per heavy atom. The lowest BCUT2D eigenvalue weighted by molar-refractivity contribution is -0.137. The molecule has 4 N–H and O–H groups in total. The van der Waals surface area contributed by atoms with Gasteiger partial charge in [-0.25, -0.2) is 0 Å². The number of nitrogens with zero attached hydrogens (tertiary/aromatic N) is 1. The van der Waals surface area contributed by atoms with Gasteiger partial charge in [-0.05, 0) is 80.3 Å². The Bertz CT molecular complexity index is 1300. The van der Waals surface area contributed by atoms with Gasteiger partial charge in [0.15, 0.2) is 0 Å². The monoisotopic (exact) mass is 512 g/mol. The van der Waals surface area contributed by atoms with Crippen LogP contribution in [0.3, 0.4) is 0 Å². The molecule has 2 aliphatic heterocycles. The molecule has 1 amide bonds. The number of fused-ring (bicyclic) bond motifs is 2. The average Bonchev–Trinajstić information content (AvgIpc) is 3.40. The molecule has 0 radical (unpaired) electrons. The molecule has 0 spiro atoms. The standard InChI is InChI=1S/C27H27F3N4OS/c1-34-19-6-7-20(34)14-18(13-19)33-26(35)25(32)21-12-16(5-8-22(21)31)24-10-9-23(36-24)15-3-2-4-17(11-15)27(28,29)30/h2-5,8-12,18-20,32H,6-7,13-14,31H2,1H3,(H,33,35). The second-order valence-electron chi connectivity index (χ2n) is 9.61. The van der Waals surface area contributed by atoms with E-state index in [9.17, 15) is 18.0 Å². The number of anilines is 1. The van der Waals surface area contributed by atoms with Crippen LogP contribution in [-0.4, -0.2) is 41.7 Å². The summed E-state index contributed by atoms with van der Waals surface area (Å²) in [5.41, 5.74) is 7.16. The van der Waals surface area contributed by atoms with Crippen LogP contribution < -0.4 is 11.1 Å². The summed E-state index contributed by atoms with van der Waals surface area (Å²) in [5, 5.41) is 11.6. The van der Waals surface area contributed by atoms with E-state index in [0.717, 1.165) is 48.3 Å². The number of halogens is 3.